The summed E-state index contributed by atoms with van der Waals surface area (Å²) in [6.45, 7) is 9.37. The highest BCUT2D eigenvalue weighted by atomic mass is 32.2. The maximum Gasteiger partial charge on any atom is 0.143 e. The lowest BCUT2D eigenvalue weighted by Gasteiger charge is -2.07. The molecule has 0 bridgehead atoms. The molecule has 0 fully saturated rings. The van der Waals surface area contributed by atoms with E-state index in [2.05, 4.69) is 10.3 Å². The third-order valence-electron chi connectivity index (χ3n) is 3.41. The molecular weight excluding hydrogens is 344 g/mol. The maximum absolute atomic E-state index is 12.7. The number of hydrogen-bond acceptors (Lipinski definition) is 3. The molecule has 0 aliphatic heterocycles. The summed E-state index contributed by atoms with van der Waals surface area (Å²) in [5, 5.41) is 3.98. The van der Waals surface area contributed by atoms with Gasteiger partial charge in [-0.05, 0) is 25.2 Å². The van der Waals surface area contributed by atoms with Gasteiger partial charge in [-0.25, -0.2) is 4.21 Å². The summed E-state index contributed by atoms with van der Waals surface area (Å²) >= 11 is 0. The summed E-state index contributed by atoms with van der Waals surface area (Å²) in [5.74, 6) is 0.782. The molecule has 1 unspecified atom stereocenters. The molecule has 0 amide bonds. The molecule has 26 heavy (non-hydrogen) atoms. The molecule has 0 saturated carbocycles. The molecule has 2 aromatic carbocycles. The molecule has 2 N–H and O–H groups in total. The van der Waals surface area contributed by atoms with Gasteiger partial charge in [0.1, 0.15) is 12.4 Å². The van der Waals surface area contributed by atoms with E-state index in [0.717, 1.165) is 33.0 Å². The van der Waals surface area contributed by atoms with E-state index < -0.39 is 10.8 Å². The molecule has 0 saturated heterocycles. The van der Waals surface area contributed by atoms with Crippen LogP contribution in [-0.2, 0) is 10.8 Å². The van der Waals surface area contributed by atoms with E-state index in [1.54, 1.807) is 6.20 Å². The van der Waals surface area contributed by atoms with Gasteiger partial charge in [-0.3, -0.25) is 0 Å². The van der Waals surface area contributed by atoms with Gasteiger partial charge >= 0.3 is 0 Å². The van der Waals surface area contributed by atoms with E-state index in [1.807, 2.05) is 83.3 Å². The average Bonchev–Trinajstić information content (AvgIpc) is 3.16. The van der Waals surface area contributed by atoms with Gasteiger partial charge in [0.2, 0.25) is 0 Å². The van der Waals surface area contributed by atoms with Crippen LogP contribution in [0.3, 0.4) is 0 Å². The minimum Gasteiger partial charge on any atom is -0.490 e. The molecule has 142 valence electrons. The monoisotopic (exact) mass is 374 g/mol. The molecule has 3 aromatic rings. The molecule has 1 aromatic heterocycles. The van der Waals surface area contributed by atoms with Crippen LogP contribution in [-0.4, -0.2) is 29.4 Å². The second kappa shape index (κ2) is 12.3. The highest BCUT2D eigenvalue weighted by Crippen LogP contribution is 2.30. The maximum atomic E-state index is 12.7. The number of H-pyrrole nitrogens is 1. The van der Waals surface area contributed by atoms with Gasteiger partial charge in [0.25, 0.3) is 0 Å². The molecule has 5 heteroatoms. The Labute approximate surface area is 159 Å². The lowest BCUT2D eigenvalue weighted by Crippen LogP contribution is -2.16. The number of para-hydroxylation sites is 1. The number of nitrogens with one attached hydrogen (secondary N) is 2. The predicted molar refractivity (Wildman–Crippen MR) is 112 cm³/mol. The molecule has 4 nitrogen and oxygen atoms in total. The van der Waals surface area contributed by atoms with E-state index in [0.29, 0.717) is 6.61 Å². The third kappa shape index (κ3) is 5.44. The number of ether oxygens (including phenoxy) is 1. The smallest absolute Gasteiger partial charge is 0.143 e. The fourth-order valence-electron chi connectivity index (χ4n) is 2.31. The van der Waals surface area contributed by atoms with Crippen LogP contribution in [0.1, 0.15) is 27.7 Å². The van der Waals surface area contributed by atoms with Crippen molar-refractivity contribution in [3.8, 4) is 5.75 Å². The normalized spacial score (nSPS) is 11.0. The van der Waals surface area contributed by atoms with Crippen LogP contribution in [0.25, 0.3) is 10.9 Å². The molecular formula is C21H30N2O2S. The van der Waals surface area contributed by atoms with Crippen LogP contribution in [0, 0.1) is 0 Å². The zero-order valence-corrected chi connectivity index (χ0v) is 17.2. The van der Waals surface area contributed by atoms with Crippen molar-refractivity contribution in [1.82, 2.24) is 10.3 Å². The second-order valence-corrected chi connectivity index (χ2v) is 6.31. The second-order valence-electron chi connectivity index (χ2n) is 4.87. The number of hydrogen-bond donors (Lipinski definition) is 2. The number of aromatic nitrogens is 1. The Morgan fingerprint density at radius 1 is 1.00 bits per heavy atom. The van der Waals surface area contributed by atoms with Gasteiger partial charge in [0, 0.05) is 23.0 Å². The van der Waals surface area contributed by atoms with Gasteiger partial charge in [0.05, 0.1) is 21.2 Å². The van der Waals surface area contributed by atoms with E-state index in [4.69, 9.17) is 4.74 Å². The molecule has 0 radical (unpaired) electrons. The Kier molecular flexibility index (Phi) is 10.4. The van der Waals surface area contributed by atoms with E-state index in [9.17, 15) is 4.21 Å². The van der Waals surface area contributed by atoms with Gasteiger partial charge in [-0.15, -0.1) is 0 Å². The quantitative estimate of drug-likeness (QED) is 0.598. The summed E-state index contributed by atoms with van der Waals surface area (Å²) in [7, 11) is 0.684. The molecule has 0 aliphatic carbocycles. The fraction of sp³-hybridized carbons (Fsp3) is 0.333. The largest absolute Gasteiger partial charge is 0.490 e. The fourth-order valence-corrected chi connectivity index (χ4v) is 3.50. The lowest BCUT2D eigenvalue weighted by molar-refractivity contribution is 0.321. The summed E-state index contributed by atoms with van der Waals surface area (Å²) in [4.78, 5) is 4.77. The molecule has 3 rings (SSSR count). The highest BCUT2D eigenvalue weighted by molar-refractivity contribution is 7.85. The van der Waals surface area contributed by atoms with Crippen LogP contribution in [0.2, 0.25) is 0 Å². The first kappa shape index (κ1) is 21.9. The SMILES string of the molecule is CC.CC.CNCCOc1cccc2c(S(=O)c3ccccc3)c[nH]c12. The van der Waals surface area contributed by atoms with E-state index in [-0.39, 0.29) is 0 Å². The first-order chi connectivity index (χ1) is 12.8. The summed E-state index contributed by atoms with van der Waals surface area (Å²) < 4.78 is 18.5. The van der Waals surface area contributed by atoms with Crippen LogP contribution in [0.15, 0.2) is 64.5 Å². The number of benzene rings is 2. The van der Waals surface area contributed by atoms with Crippen molar-refractivity contribution in [1.29, 1.82) is 0 Å². The molecule has 1 heterocycles. The van der Waals surface area contributed by atoms with Crippen molar-refractivity contribution in [2.24, 2.45) is 0 Å². The predicted octanol–water partition coefficient (Wildman–Crippen LogP) is 4.99. The van der Waals surface area contributed by atoms with Gasteiger partial charge in [-0.2, -0.15) is 0 Å². The molecule has 0 spiro atoms. The number of fused-ring (bicyclic) bond motifs is 1. The Balaban J connectivity index is 0.000000791. The lowest BCUT2D eigenvalue weighted by atomic mass is 10.2. The Morgan fingerprint density at radius 3 is 2.35 bits per heavy atom. The van der Waals surface area contributed by atoms with Gasteiger partial charge in [0.15, 0.2) is 0 Å². The van der Waals surface area contributed by atoms with Gasteiger partial charge < -0.3 is 15.0 Å². The zero-order chi connectivity index (χ0) is 19.4. The highest BCUT2D eigenvalue weighted by Gasteiger charge is 2.14. The number of likely N-dealkylation sites (N-methyl/N-ethyl adjacent to an activating group) is 1. The van der Waals surface area contributed by atoms with E-state index >= 15 is 0 Å². The Hall–Kier alpha value is -2.11. The third-order valence-corrected chi connectivity index (χ3v) is 4.84. The molecule has 0 aliphatic rings. The summed E-state index contributed by atoms with van der Waals surface area (Å²) in [6, 6.07) is 15.3. The van der Waals surface area contributed by atoms with Crippen LogP contribution in [0.4, 0.5) is 0 Å². The first-order valence-corrected chi connectivity index (χ1v) is 10.3. The van der Waals surface area contributed by atoms with Crippen molar-refractivity contribution < 1.29 is 8.95 Å². The van der Waals surface area contributed by atoms with Crippen LogP contribution in [0.5, 0.6) is 5.75 Å². The van der Waals surface area contributed by atoms with Crippen LogP contribution >= 0.6 is 0 Å². The summed E-state index contributed by atoms with van der Waals surface area (Å²) in [5.41, 5.74) is 0.887. The average molecular weight is 375 g/mol. The van der Waals surface area contributed by atoms with E-state index in [1.165, 1.54) is 0 Å². The van der Waals surface area contributed by atoms with Crippen molar-refractivity contribution in [2.75, 3.05) is 20.2 Å². The summed E-state index contributed by atoms with van der Waals surface area (Å²) in [6.07, 6.45) is 1.80. The Morgan fingerprint density at radius 2 is 1.69 bits per heavy atom. The standard InChI is InChI=1S/C17H18N2O2S.2C2H6/c1-18-10-11-21-15-9-5-8-14-16(12-19-17(14)15)22(20)13-6-3-2-4-7-13;2*1-2/h2-9,12,18-19H,10-11H2,1H3;2*1-2H3. The van der Waals surface area contributed by atoms with Gasteiger partial charge in [-0.1, -0.05) is 58.0 Å². The zero-order valence-electron chi connectivity index (χ0n) is 16.3. The van der Waals surface area contributed by atoms with Crippen molar-refractivity contribution in [2.45, 2.75) is 37.5 Å². The van der Waals surface area contributed by atoms with Crippen LogP contribution < -0.4 is 10.1 Å². The minimum absolute atomic E-state index is 0.589. The van der Waals surface area contributed by atoms with Crippen molar-refractivity contribution in [3.05, 3.63) is 54.7 Å². The minimum atomic E-state index is -1.20. The first-order valence-electron chi connectivity index (χ1n) is 9.15. The topological polar surface area (TPSA) is 54.1 Å². The Bertz CT molecular complexity index is 785. The van der Waals surface area contributed by atoms with Crippen molar-refractivity contribution >= 4 is 21.7 Å². The molecule has 1 atom stereocenters. The van der Waals surface area contributed by atoms with Crippen molar-refractivity contribution in [3.63, 3.8) is 0 Å². The number of rotatable bonds is 6. The number of aromatic amines is 1.